The molecule has 2 unspecified atom stereocenters. The molecule has 0 amide bonds. The van der Waals surface area contributed by atoms with E-state index in [2.05, 4.69) is 32.8 Å². The van der Waals surface area contributed by atoms with Crippen LogP contribution in [0.15, 0.2) is 6.20 Å². The Morgan fingerprint density at radius 1 is 1.47 bits per heavy atom. The smallest absolute Gasteiger partial charge is 0.0974 e. The van der Waals surface area contributed by atoms with E-state index in [4.69, 9.17) is 16.3 Å². The maximum Gasteiger partial charge on any atom is 0.0974 e. The third kappa shape index (κ3) is 4.48. The fourth-order valence-corrected chi connectivity index (χ4v) is 2.13. The van der Waals surface area contributed by atoms with Gasteiger partial charge in [-0.1, -0.05) is 39.3 Å². The lowest BCUT2D eigenvalue weighted by molar-refractivity contribution is 0.100. The average molecular weight is 289 g/mol. The Morgan fingerprint density at radius 2 is 2.11 bits per heavy atom. The summed E-state index contributed by atoms with van der Waals surface area (Å²) >= 11 is 6.13. The predicted octanol–water partition coefficient (Wildman–Crippen LogP) is 3.29. The molecule has 0 saturated heterocycles. The zero-order chi connectivity index (χ0) is 14.6. The van der Waals surface area contributed by atoms with Crippen LogP contribution in [0.2, 0.25) is 5.02 Å². The van der Waals surface area contributed by atoms with Gasteiger partial charge in [0.25, 0.3) is 0 Å². The van der Waals surface area contributed by atoms with Crippen LogP contribution in [0.1, 0.15) is 45.9 Å². The molecule has 0 saturated carbocycles. The summed E-state index contributed by atoms with van der Waals surface area (Å²) in [5, 5.41) is 15.1. The standard InChI is InChI=1S/C14H25ClN2O2/c1-10(14(2,3)4)8-12(18)13-11(15)9-16-17(13)6-7-19-5/h9-10,12,18H,6-8H2,1-5H3. The van der Waals surface area contributed by atoms with E-state index in [0.717, 1.165) is 0 Å². The number of aromatic nitrogens is 2. The lowest BCUT2D eigenvalue weighted by atomic mass is 9.78. The summed E-state index contributed by atoms with van der Waals surface area (Å²) in [7, 11) is 1.64. The van der Waals surface area contributed by atoms with Crippen molar-refractivity contribution in [2.24, 2.45) is 11.3 Å². The molecule has 0 aromatic carbocycles. The van der Waals surface area contributed by atoms with Gasteiger partial charge in [0.05, 0.1) is 36.2 Å². The highest BCUT2D eigenvalue weighted by atomic mass is 35.5. The fraction of sp³-hybridized carbons (Fsp3) is 0.786. The van der Waals surface area contributed by atoms with Gasteiger partial charge in [0.15, 0.2) is 0 Å². The molecule has 4 nitrogen and oxygen atoms in total. The maximum absolute atomic E-state index is 10.4. The molecule has 0 aliphatic heterocycles. The van der Waals surface area contributed by atoms with E-state index in [1.54, 1.807) is 18.0 Å². The number of hydrogen-bond acceptors (Lipinski definition) is 3. The highest BCUT2D eigenvalue weighted by Gasteiger charge is 2.26. The van der Waals surface area contributed by atoms with Crippen molar-refractivity contribution < 1.29 is 9.84 Å². The topological polar surface area (TPSA) is 47.3 Å². The van der Waals surface area contributed by atoms with Gasteiger partial charge in [0, 0.05) is 7.11 Å². The van der Waals surface area contributed by atoms with Crippen LogP contribution >= 0.6 is 11.6 Å². The lowest BCUT2D eigenvalue weighted by Crippen LogP contribution is -2.21. The molecule has 1 rings (SSSR count). The fourth-order valence-electron chi connectivity index (χ4n) is 1.86. The second-order valence-electron chi connectivity index (χ2n) is 6.11. The molecular formula is C14H25ClN2O2. The quantitative estimate of drug-likeness (QED) is 0.874. The Bertz CT molecular complexity index is 399. The largest absolute Gasteiger partial charge is 0.387 e. The van der Waals surface area contributed by atoms with Crippen LogP contribution in [0.25, 0.3) is 0 Å². The van der Waals surface area contributed by atoms with Gasteiger partial charge in [-0.05, 0) is 17.8 Å². The van der Waals surface area contributed by atoms with Gasteiger partial charge in [-0.2, -0.15) is 5.10 Å². The van der Waals surface area contributed by atoms with Crippen LogP contribution in [-0.4, -0.2) is 28.6 Å². The Labute approximate surface area is 120 Å². The van der Waals surface area contributed by atoms with Gasteiger partial charge in [0.1, 0.15) is 0 Å². The SMILES string of the molecule is COCCn1ncc(Cl)c1C(O)CC(C)C(C)(C)C. The van der Waals surface area contributed by atoms with Crippen LogP contribution in [0.4, 0.5) is 0 Å². The highest BCUT2D eigenvalue weighted by Crippen LogP contribution is 2.35. The molecule has 1 N–H and O–H groups in total. The molecule has 0 radical (unpaired) electrons. The second-order valence-corrected chi connectivity index (χ2v) is 6.52. The zero-order valence-corrected chi connectivity index (χ0v) is 13.2. The van der Waals surface area contributed by atoms with Crippen molar-refractivity contribution in [1.82, 2.24) is 9.78 Å². The van der Waals surface area contributed by atoms with Gasteiger partial charge in [-0.15, -0.1) is 0 Å². The van der Waals surface area contributed by atoms with E-state index < -0.39 is 6.10 Å². The summed E-state index contributed by atoms with van der Waals surface area (Å²) in [5.74, 6) is 0.379. The molecule has 110 valence electrons. The van der Waals surface area contributed by atoms with Crippen molar-refractivity contribution in [2.45, 2.75) is 46.8 Å². The Morgan fingerprint density at radius 3 is 2.63 bits per heavy atom. The molecule has 5 heteroatoms. The molecule has 0 aliphatic carbocycles. The van der Waals surface area contributed by atoms with E-state index in [-0.39, 0.29) is 5.41 Å². The minimum Gasteiger partial charge on any atom is -0.387 e. The summed E-state index contributed by atoms with van der Waals surface area (Å²) in [6, 6.07) is 0. The third-order valence-electron chi connectivity index (χ3n) is 3.71. The number of hydrogen-bond donors (Lipinski definition) is 1. The molecule has 1 heterocycles. The zero-order valence-electron chi connectivity index (χ0n) is 12.5. The van der Waals surface area contributed by atoms with Gasteiger partial charge < -0.3 is 9.84 Å². The van der Waals surface area contributed by atoms with Crippen molar-refractivity contribution in [3.05, 3.63) is 16.9 Å². The number of nitrogens with zero attached hydrogens (tertiary/aromatic N) is 2. The molecule has 0 fully saturated rings. The van der Waals surface area contributed by atoms with Gasteiger partial charge >= 0.3 is 0 Å². The summed E-state index contributed by atoms with van der Waals surface area (Å²) in [6.07, 6.45) is 1.65. The molecule has 0 spiro atoms. The van der Waals surface area contributed by atoms with Crippen LogP contribution in [0.3, 0.4) is 0 Å². The minimum absolute atomic E-state index is 0.158. The summed E-state index contributed by atoms with van der Waals surface area (Å²) in [6.45, 7) is 9.82. The minimum atomic E-state index is -0.596. The first-order valence-corrected chi connectivity index (χ1v) is 7.03. The number of methoxy groups -OCH3 is 1. The van der Waals surface area contributed by atoms with Crippen LogP contribution in [0, 0.1) is 11.3 Å². The van der Waals surface area contributed by atoms with Gasteiger partial charge in [-0.3, -0.25) is 4.68 Å². The molecular weight excluding hydrogens is 264 g/mol. The highest BCUT2D eigenvalue weighted by molar-refractivity contribution is 6.31. The Kier molecular flexibility index (Phi) is 5.83. The van der Waals surface area contributed by atoms with E-state index in [9.17, 15) is 5.11 Å². The normalized spacial score (nSPS) is 15.5. The first-order valence-electron chi connectivity index (χ1n) is 6.65. The van der Waals surface area contributed by atoms with Crippen molar-refractivity contribution in [3.63, 3.8) is 0 Å². The predicted molar refractivity (Wildman–Crippen MR) is 77.3 cm³/mol. The van der Waals surface area contributed by atoms with Crippen molar-refractivity contribution in [1.29, 1.82) is 0 Å². The van der Waals surface area contributed by atoms with E-state index in [0.29, 0.717) is 36.2 Å². The summed E-state index contributed by atoms with van der Waals surface area (Å²) in [4.78, 5) is 0. The summed E-state index contributed by atoms with van der Waals surface area (Å²) in [5.41, 5.74) is 0.847. The molecule has 0 aliphatic rings. The number of aliphatic hydroxyl groups is 1. The molecule has 19 heavy (non-hydrogen) atoms. The first kappa shape index (κ1) is 16.5. The van der Waals surface area contributed by atoms with Gasteiger partial charge in [0.2, 0.25) is 0 Å². The van der Waals surface area contributed by atoms with Gasteiger partial charge in [-0.25, -0.2) is 0 Å². The average Bonchev–Trinajstić information content (AvgIpc) is 2.66. The van der Waals surface area contributed by atoms with Crippen molar-refractivity contribution in [2.75, 3.05) is 13.7 Å². The summed E-state index contributed by atoms with van der Waals surface area (Å²) < 4.78 is 6.77. The maximum atomic E-state index is 10.4. The van der Waals surface area contributed by atoms with E-state index >= 15 is 0 Å². The molecule has 1 aromatic rings. The second kappa shape index (κ2) is 6.73. The number of aliphatic hydroxyl groups excluding tert-OH is 1. The van der Waals surface area contributed by atoms with E-state index in [1.807, 2.05) is 0 Å². The lowest BCUT2D eigenvalue weighted by Gasteiger charge is -2.29. The first-order chi connectivity index (χ1) is 8.77. The Balaban J connectivity index is 2.81. The number of halogens is 1. The van der Waals surface area contributed by atoms with Crippen LogP contribution in [-0.2, 0) is 11.3 Å². The van der Waals surface area contributed by atoms with E-state index in [1.165, 1.54) is 0 Å². The van der Waals surface area contributed by atoms with Crippen molar-refractivity contribution in [3.8, 4) is 0 Å². The third-order valence-corrected chi connectivity index (χ3v) is 4.00. The number of ether oxygens (including phenoxy) is 1. The van der Waals surface area contributed by atoms with Crippen LogP contribution < -0.4 is 0 Å². The monoisotopic (exact) mass is 288 g/mol. The molecule has 1 aromatic heterocycles. The number of rotatable bonds is 6. The van der Waals surface area contributed by atoms with Crippen molar-refractivity contribution >= 4 is 11.6 Å². The molecule has 2 atom stereocenters. The Hall–Kier alpha value is -0.580. The van der Waals surface area contributed by atoms with Crippen LogP contribution in [0.5, 0.6) is 0 Å². The molecule has 0 bridgehead atoms.